The molecule has 4 rings (SSSR count). The van der Waals surface area contributed by atoms with Crippen molar-refractivity contribution >= 4 is 34.1 Å². The lowest BCUT2D eigenvalue weighted by atomic mass is 9.95. The van der Waals surface area contributed by atoms with Crippen molar-refractivity contribution in [2.45, 2.75) is 19.9 Å². The molecule has 1 aliphatic rings. The number of rotatable bonds is 4. The highest BCUT2D eigenvalue weighted by Gasteiger charge is 2.24. The van der Waals surface area contributed by atoms with Gasteiger partial charge in [-0.15, -0.1) is 0 Å². The molecular formula is C19H19N7O. The van der Waals surface area contributed by atoms with Crippen LogP contribution in [0.4, 0.5) is 16.4 Å². The van der Waals surface area contributed by atoms with Crippen LogP contribution in [0.1, 0.15) is 19.5 Å². The van der Waals surface area contributed by atoms with E-state index in [9.17, 15) is 4.79 Å². The van der Waals surface area contributed by atoms with E-state index >= 15 is 0 Å². The van der Waals surface area contributed by atoms with Crippen molar-refractivity contribution in [3.05, 3.63) is 54.4 Å². The first-order valence-corrected chi connectivity index (χ1v) is 8.70. The molecule has 2 aromatic heterocycles. The fourth-order valence-electron chi connectivity index (χ4n) is 2.99. The lowest BCUT2D eigenvalue weighted by molar-refractivity contribution is 0.262. The van der Waals surface area contributed by atoms with E-state index in [2.05, 4.69) is 49.9 Å². The first-order valence-electron chi connectivity index (χ1n) is 8.70. The van der Waals surface area contributed by atoms with Crippen LogP contribution >= 0.6 is 0 Å². The number of pyridine rings is 1. The van der Waals surface area contributed by atoms with Crippen molar-refractivity contribution in [1.82, 2.24) is 15.2 Å². The maximum atomic E-state index is 12.4. The van der Waals surface area contributed by atoms with E-state index < -0.39 is 6.03 Å². The van der Waals surface area contributed by atoms with Crippen LogP contribution < -0.4 is 10.6 Å². The number of aromatic nitrogens is 3. The number of nitrogens with zero attached hydrogens (tertiary/aromatic N) is 4. The second kappa shape index (κ2) is 6.99. The Hall–Kier alpha value is -3.55. The summed E-state index contributed by atoms with van der Waals surface area (Å²) in [6, 6.07) is 12.6. The van der Waals surface area contributed by atoms with Gasteiger partial charge in [-0.2, -0.15) is 15.3 Å². The lowest BCUT2D eigenvalue weighted by Crippen LogP contribution is -2.21. The second-order valence-corrected chi connectivity index (χ2v) is 6.61. The quantitative estimate of drug-likeness (QED) is 0.639. The molecule has 0 aliphatic carbocycles. The predicted octanol–water partition coefficient (Wildman–Crippen LogP) is 4.43. The van der Waals surface area contributed by atoms with Gasteiger partial charge < -0.3 is 0 Å². The van der Waals surface area contributed by atoms with E-state index in [1.807, 2.05) is 36.4 Å². The van der Waals surface area contributed by atoms with Crippen LogP contribution in [-0.4, -0.2) is 27.3 Å². The summed E-state index contributed by atoms with van der Waals surface area (Å²) < 4.78 is 0. The summed E-state index contributed by atoms with van der Waals surface area (Å²) in [5.41, 5.74) is 2.56. The van der Waals surface area contributed by atoms with Crippen molar-refractivity contribution in [2.75, 3.05) is 10.6 Å². The number of fused-ring (bicyclic) bond motifs is 1. The van der Waals surface area contributed by atoms with Crippen LogP contribution in [0, 0.1) is 5.92 Å². The Morgan fingerprint density at radius 1 is 1.11 bits per heavy atom. The molecule has 0 saturated carbocycles. The number of para-hydroxylation sites is 1. The van der Waals surface area contributed by atoms with Gasteiger partial charge in [0.05, 0.1) is 17.4 Å². The number of nitrogens with one attached hydrogen (secondary N) is 3. The number of aromatic amines is 1. The number of hydrogen-bond donors (Lipinski definition) is 3. The normalized spacial score (nSPS) is 16.0. The molecule has 3 N–H and O–H groups in total. The average molecular weight is 361 g/mol. The van der Waals surface area contributed by atoms with Crippen LogP contribution in [0.5, 0.6) is 0 Å². The number of amides is 2. The molecular weight excluding hydrogens is 342 g/mol. The van der Waals surface area contributed by atoms with Gasteiger partial charge in [-0.1, -0.05) is 32.0 Å². The number of carbonyl (C=O) groups excluding carboxylic acids is 1. The number of urea groups is 1. The van der Waals surface area contributed by atoms with Gasteiger partial charge >= 0.3 is 6.03 Å². The van der Waals surface area contributed by atoms with E-state index in [0.717, 1.165) is 22.2 Å². The standard InChI is InChI=1S/C19H19N7O/c1-11(2)17-13(10-20-25-17)14-8-5-9-16(21-14)22-19(27)23-18-12-6-3-4-7-15(12)24-26-18/h3-11,17H,1-2H3,(H3,21,22,23,24,26,27). The number of benzene rings is 1. The van der Waals surface area contributed by atoms with E-state index in [1.165, 1.54) is 0 Å². The molecule has 3 heterocycles. The van der Waals surface area contributed by atoms with Gasteiger partial charge in [-0.3, -0.25) is 15.7 Å². The summed E-state index contributed by atoms with van der Waals surface area (Å²) in [7, 11) is 0. The van der Waals surface area contributed by atoms with Gasteiger partial charge in [0.2, 0.25) is 0 Å². The SMILES string of the molecule is CC(C)C1N=NC=C1c1cccc(NC(=O)Nc2n[nH]c3ccccc23)n1. The number of carbonyl (C=O) groups is 1. The topological polar surface area (TPSA) is 107 Å². The Morgan fingerprint density at radius 3 is 2.81 bits per heavy atom. The summed E-state index contributed by atoms with van der Waals surface area (Å²) in [6.07, 6.45) is 1.73. The Morgan fingerprint density at radius 2 is 1.96 bits per heavy atom. The number of hydrogen-bond acceptors (Lipinski definition) is 5. The smallest absolute Gasteiger partial charge is 0.292 e. The second-order valence-electron chi connectivity index (χ2n) is 6.61. The molecule has 0 saturated heterocycles. The van der Waals surface area contributed by atoms with Crippen molar-refractivity contribution < 1.29 is 4.79 Å². The summed E-state index contributed by atoms with van der Waals surface area (Å²) in [4.78, 5) is 16.9. The Bertz CT molecular complexity index is 1050. The number of anilines is 2. The van der Waals surface area contributed by atoms with E-state index in [0.29, 0.717) is 17.6 Å². The molecule has 1 aromatic carbocycles. The minimum absolute atomic E-state index is 0.0167. The van der Waals surface area contributed by atoms with Crippen LogP contribution in [0.15, 0.2) is 58.9 Å². The molecule has 27 heavy (non-hydrogen) atoms. The van der Waals surface area contributed by atoms with Crippen LogP contribution in [-0.2, 0) is 0 Å². The molecule has 1 atom stereocenters. The highest BCUT2D eigenvalue weighted by atomic mass is 16.2. The lowest BCUT2D eigenvalue weighted by Gasteiger charge is -2.15. The van der Waals surface area contributed by atoms with Gasteiger partial charge in [0.1, 0.15) is 11.9 Å². The van der Waals surface area contributed by atoms with Crippen LogP contribution in [0.2, 0.25) is 0 Å². The number of azo groups is 1. The first kappa shape index (κ1) is 16.9. The summed E-state index contributed by atoms with van der Waals surface area (Å²) in [5, 5.41) is 21.6. The summed E-state index contributed by atoms with van der Waals surface area (Å²) in [5.74, 6) is 1.23. The van der Waals surface area contributed by atoms with E-state index in [-0.39, 0.29) is 6.04 Å². The fraction of sp³-hybridized carbons (Fsp3) is 0.211. The zero-order valence-electron chi connectivity index (χ0n) is 15.0. The van der Waals surface area contributed by atoms with E-state index in [4.69, 9.17) is 0 Å². The van der Waals surface area contributed by atoms with Gasteiger partial charge in [-0.25, -0.2) is 9.78 Å². The number of H-pyrrole nitrogens is 1. The molecule has 8 heteroatoms. The summed E-state index contributed by atoms with van der Waals surface area (Å²) >= 11 is 0. The third-order valence-corrected chi connectivity index (χ3v) is 4.33. The van der Waals surface area contributed by atoms with E-state index in [1.54, 1.807) is 12.3 Å². The summed E-state index contributed by atoms with van der Waals surface area (Å²) in [6.45, 7) is 4.18. The van der Waals surface area contributed by atoms with Gasteiger partial charge in [0.15, 0.2) is 5.82 Å². The van der Waals surface area contributed by atoms with Crippen molar-refractivity contribution in [3.63, 3.8) is 0 Å². The maximum absolute atomic E-state index is 12.4. The minimum Gasteiger partial charge on any atom is -0.292 e. The zero-order chi connectivity index (χ0) is 18.8. The molecule has 0 bridgehead atoms. The molecule has 0 radical (unpaired) electrons. The predicted molar refractivity (Wildman–Crippen MR) is 104 cm³/mol. The highest BCUT2D eigenvalue weighted by molar-refractivity contribution is 6.04. The zero-order valence-corrected chi connectivity index (χ0v) is 15.0. The molecule has 8 nitrogen and oxygen atoms in total. The van der Waals surface area contributed by atoms with Gasteiger partial charge in [0, 0.05) is 11.0 Å². The minimum atomic E-state index is -0.410. The molecule has 1 unspecified atom stereocenters. The Labute approximate surface area is 155 Å². The Balaban J connectivity index is 1.49. The van der Waals surface area contributed by atoms with Crippen molar-refractivity contribution in [3.8, 4) is 0 Å². The molecule has 0 spiro atoms. The molecule has 1 aliphatic heterocycles. The van der Waals surface area contributed by atoms with Gasteiger partial charge in [0.25, 0.3) is 0 Å². The van der Waals surface area contributed by atoms with Crippen molar-refractivity contribution in [1.29, 1.82) is 0 Å². The van der Waals surface area contributed by atoms with Crippen LogP contribution in [0.25, 0.3) is 16.5 Å². The maximum Gasteiger partial charge on any atom is 0.326 e. The van der Waals surface area contributed by atoms with Crippen LogP contribution in [0.3, 0.4) is 0 Å². The third kappa shape index (κ3) is 3.41. The highest BCUT2D eigenvalue weighted by Crippen LogP contribution is 2.30. The molecule has 2 amide bonds. The monoisotopic (exact) mass is 361 g/mol. The molecule has 136 valence electrons. The third-order valence-electron chi connectivity index (χ3n) is 4.33. The average Bonchev–Trinajstić information content (AvgIpc) is 3.30. The molecule has 0 fully saturated rings. The van der Waals surface area contributed by atoms with Crippen molar-refractivity contribution in [2.24, 2.45) is 16.1 Å². The van der Waals surface area contributed by atoms with Gasteiger partial charge in [-0.05, 0) is 30.2 Å². The fourth-order valence-corrected chi connectivity index (χ4v) is 2.99. The Kier molecular flexibility index (Phi) is 4.37. The first-order chi connectivity index (χ1) is 13.1. The largest absolute Gasteiger partial charge is 0.326 e. The molecule has 3 aromatic rings.